The van der Waals surface area contributed by atoms with Crippen molar-refractivity contribution in [3.05, 3.63) is 58.6 Å². The number of fused-ring (bicyclic) bond motifs is 1. The molecule has 2 aromatic rings. The van der Waals surface area contributed by atoms with Gasteiger partial charge in [-0.15, -0.1) is 11.8 Å². The average Bonchev–Trinajstić information content (AvgIpc) is 2.60. The molecule has 25 heavy (non-hydrogen) atoms. The molecule has 0 saturated heterocycles. The fourth-order valence-electron chi connectivity index (χ4n) is 2.55. The van der Waals surface area contributed by atoms with E-state index in [1.165, 1.54) is 28.8 Å². The van der Waals surface area contributed by atoms with Crippen molar-refractivity contribution in [1.29, 1.82) is 0 Å². The number of anilines is 2. The number of benzene rings is 2. The number of nitro groups is 1. The number of amides is 2. The van der Waals surface area contributed by atoms with Crippen LogP contribution in [0.2, 0.25) is 0 Å². The molecule has 1 atom stereocenters. The number of rotatable bonds is 4. The number of hydrogen-bond donors (Lipinski definition) is 1. The molecule has 1 aliphatic heterocycles. The number of non-ortho nitro benzene ring substituents is 1. The molecule has 128 valence electrons. The van der Waals surface area contributed by atoms with Crippen molar-refractivity contribution >= 4 is 40.6 Å². The average molecular weight is 357 g/mol. The van der Waals surface area contributed by atoms with E-state index in [-0.39, 0.29) is 24.0 Å². The lowest BCUT2D eigenvalue weighted by molar-refractivity contribution is -0.384. The molecule has 0 bridgehead atoms. The number of para-hydroxylation sites is 2. The van der Waals surface area contributed by atoms with Crippen LogP contribution in [0.4, 0.5) is 17.1 Å². The Balaban J connectivity index is 1.76. The highest BCUT2D eigenvalue weighted by atomic mass is 32.2. The summed E-state index contributed by atoms with van der Waals surface area (Å²) in [7, 11) is 0. The SMILES string of the molecule is CC(Sc1ccc([N+](=O)[O-])cc1)C(=O)N1CC(=O)Nc2ccccc21. The first-order valence-electron chi connectivity index (χ1n) is 7.57. The third kappa shape index (κ3) is 3.63. The predicted molar refractivity (Wildman–Crippen MR) is 95.8 cm³/mol. The highest BCUT2D eigenvalue weighted by molar-refractivity contribution is 8.00. The molecule has 0 spiro atoms. The van der Waals surface area contributed by atoms with Gasteiger partial charge < -0.3 is 5.32 Å². The van der Waals surface area contributed by atoms with Crippen molar-refractivity contribution in [3.63, 3.8) is 0 Å². The maximum atomic E-state index is 12.8. The van der Waals surface area contributed by atoms with Crippen LogP contribution in [-0.2, 0) is 9.59 Å². The van der Waals surface area contributed by atoms with E-state index in [9.17, 15) is 19.7 Å². The molecule has 2 amide bonds. The molecule has 0 fully saturated rings. The Morgan fingerprint density at radius 2 is 1.92 bits per heavy atom. The van der Waals surface area contributed by atoms with E-state index >= 15 is 0 Å². The molecule has 1 N–H and O–H groups in total. The molecule has 0 radical (unpaired) electrons. The lowest BCUT2D eigenvalue weighted by Gasteiger charge is -2.30. The number of nitrogens with one attached hydrogen (secondary N) is 1. The van der Waals surface area contributed by atoms with Crippen molar-refractivity contribution in [2.45, 2.75) is 17.1 Å². The van der Waals surface area contributed by atoms with Crippen LogP contribution in [0, 0.1) is 10.1 Å². The van der Waals surface area contributed by atoms with Crippen LogP contribution in [-0.4, -0.2) is 28.5 Å². The first kappa shape index (κ1) is 17.0. The van der Waals surface area contributed by atoms with Crippen molar-refractivity contribution < 1.29 is 14.5 Å². The maximum Gasteiger partial charge on any atom is 0.269 e. The van der Waals surface area contributed by atoms with Gasteiger partial charge in [-0.2, -0.15) is 0 Å². The molecule has 1 unspecified atom stereocenters. The molecular weight excluding hydrogens is 342 g/mol. The normalized spacial score (nSPS) is 14.4. The standard InChI is InChI=1S/C17H15N3O4S/c1-11(25-13-8-6-12(7-9-13)20(23)24)17(22)19-10-16(21)18-14-4-2-3-5-15(14)19/h2-9,11H,10H2,1H3,(H,18,21). The fraction of sp³-hybridized carbons (Fsp3) is 0.176. The topological polar surface area (TPSA) is 92.6 Å². The molecule has 3 rings (SSSR count). The second kappa shape index (κ2) is 6.94. The minimum absolute atomic E-state index is 0.00459. The summed E-state index contributed by atoms with van der Waals surface area (Å²) in [6.07, 6.45) is 0. The summed E-state index contributed by atoms with van der Waals surface area (Å²) in [5.41, 5.74) is 1.29. The van der Waals surface area contributed by atoms with Crippen LogP contribution in [0.15, 0.2) is 53.4 Å². The quantitative estimate of drug-likeness (QED) is 0.516. The van der Waals surface area contributed by atoms with Crippen LogP contribution in [0.3, 0.4) is 0 Å². The van der Waals surface area contributed by atoms with E-state index in [1.54, 1.807) is 37.3 Å². The van der Waals surface area contributed by atoms with E-state index < -0.39 is 10.2 Å². The minimum atomic E-state index is -0.466. The highest BCUT2D eigenvalue weighted by Gasteiger charge is 2.30. The predicted octanol–water partition coefficient (Wildman–Crippen LogP) is 3.06. The number of carbonyl (C=O) groups excluding carboxylic acids is 2. The van der Waals surface area contributed by atoms with Gasteiger partial charge in [-0.1, -0.05) is 12.1 Å². The summed E-state index contributed by atoms with van der Waals surface area (Å²) < 4.78 is 0. The van der Waals surface area contributed by atoms with Crippen LogP contribution < -0.4 is 10.2 Å². The molecule has 0 aliphatic carbocycles. The Labute approximate surface area is 148 Å². The Kier molecular flexibility index (Phi) is 4.71. The molecule has 0 saturated carbocycles. The number of thioether (sulfide) groups is 1. The van der Waals surface area contributed by atoms with Crippen LogP contribution in [0.5, 0.6) is 0 Å². The van der Waals surface area contributed by atoms with Crippen molar-refractivity contribution in [2.24, 2.45) is 0 Å². The fourth-order valence-corrected chi connectivity index (χ4v) is 3.48. The van der Waals surface area contributed by atoms with Gasteiger partial charge in [0, 0.05) is 17.0 Å². The van der Waals surface area contributed by atoms with Gasteiger partial charge in [-0.05, 0) is 31.2 Å². The summed E-state index contributed by atoms with van der Waals surface area (Å²) >= 11 is 1.30. The molecule has 7 nitrogen and oxygen atoms in total. The van der Waals surface area contributed by atoms with E-state index in [0.29, 0.717) is 11.4 Å². The smallest absolute Gasteiger partial charge is 0.269 e. The molecular formula is C17H15N3O4S. The molecule has 8 heteroatoms. The summed E-state index contributed by atoms with van der Waals surface area (Å²) in [5, 5.41) is 13.0. The van der Waals surface area contributed by atoms with E-state index in [1.807, 2.05) is 6.07 Å². The van der Waals surface area contributed by atoms with Gasteiger partial charge in [0.1, 0.15) is 6.54 Å². The Morgan fingerprint density at radius 3 is 2.60 bits per heavy atom. The second-order valence-electron chi connectivity index (χ2n) is 5.50. The van der Waals surface area contributed by atoms with Crippen LogP contribution >= 0.6 is 11.8 Å². The number of carbonyl (C=O) groups is 2. The Bertz CT molecular complexity index is 838. The van der Waals surface area contributed by atoms with Gasteiger partial charge in [0.2, 0.25) is 11.8 Å². The van der Waals surface area contributed by atoms with Crippen molar-refractivity contribution in [2.75, 3.05) is 16.8 Å². The van der Waals surface area contributed by atoms with Gasteiger partial charge in [0.25, 0.3) is 5.69 Å². The molecule has 0 aromatic heterocycles. The lowest BCUT2D eigenvalue weighted by atomic mass is 10.2. The second-order valence-corrected chi connectivity index (χ2v) is 6.92. The molecule has 1 aliphatic rings. The van der Waals surface area contributed by atoms with Gasteiger partial charge in [0.05, 0.1) is 21.5 Å². The first-order chi connectivity index (χ1) is 12.0. The molecule has 1 heterocycles. The van der Waals surface area contributed by atoms with Gasteiger partial charge in [0.15, 0.2) is 0 Å². The summed E-state index contributed by atoms with van der Waals surface area (Å²) in [5.74, 6) is -0.426. The van der Waals surface area contributed by atoms with Gasteiger partial charge in [-0.25, -0.2) is 0 Å². The van der Waals surface area contributed by atoms with Gasteiger partial charge >= 0.3 is 0 Å². The summed E-state index contributed by atoms with van der Waals surface area (Å²) in [6, 6.07) is 13.2. The van der Waals surface area contributed by atoms with Crippen LogP contribution in [0.25, 0.3) is 0 Å². The minimum Gasteiger partial charge on any atom is -0.323 e. The van der Waals surface area contributed by atoms with Crippen molar-refractivity contribution in [1.82, 2.24) is 0 Å². The Morgan fingerprint density at radius 1 is 1.24 bits per heavy atom. The maximum absolute atomic E-state index is 12.8. The van der Waals surface area contributed by atoms with Gasteiger partial charge in [-0.3, -0.25) is 24.6 Å². The zero-order valence-corrected chi connectivity index (χ0v) is 14.2. The number of nitrogens with zero attached hydrogens (tertiary/aromatic N) is 2. The highest BCUT2D eigenvalue weighted by Crippen LogP contribution is 2.32. The third-order valence-electron chi connectivity index (χ3n) is 3.74. The number of nitro benzene ring substituents is 1. The monoisotopic (exact) mass is 357 g/mol. The third-order valence-corrected chi connectivity index (χ3v) is 4.84. The lowest BCUT2D eigenvalue weighted by Crippen LogP contribution is -2.45. The first-order valence-corrected chi connectivity index (χ1v) is 8.45. The zero-order chi connectivity index (χ0) is 18.0. The number of hydrogen-bond acceptors (Lipinski definition) is 5. The zero-order valence-electron chi connectivity index (χ0n) is 13.3. The van der Waals surface area contributed by atoms with E-state index in [4.69, 9.17) is 0 Å². The molecule has 2 aromatic carbocycles. The van der Waals surface area contributed by atoms with E-state index in [2.05, 4.69) is 5.32 Å². The Hall–Kier alpha value is -2.87. The largest absolute Gasteiger partial charge is 0.323 e. The van der Waals surface area contributed by atoms with E-state index in [0.717, 1.165) is 4.90 Å². The summed E-state index contributed by atoms with van der Waals surface area (Å²) in [6.45, 7) is 1.73. The van der Waals surface area contributed by atoms with Crippen molar-refractivity contribution in [3.8, 4) is 0 Å². The summed E-state index contributed by atoms with van der Waals surface area (Å²) in [4.78, 5) is 37.1. The van der Waals surface area contributed by atoms with Crippen LogP contribution in [0.1, 0.15) is 6.92 Å².